The van der Waals surface area contributed by atoms with E-state index in [1.807, 2.05) is 40.8 Å². The molecule has 6 nitrogen and oxygen atoms in total. The Balaban J connectivity index is 1.65. The Morgan fingerprint density at radius 1 is 1.26 bits per heavy atom. The number of nitrogens with zero attached hydrogens (tertiary/aromatic N) is 4. The number of carbonyl (C=O) groups is 1. The molecule has 1 amide bonds. The van der Waals surface area contributed by atoms with Crippen molar-refractivity contribution in [3.63, 3.8) is 0 Å². The van der Waals surface area contributed by atoms with Gasteiger partial charge in [-0.3, -0.25) is 4.79 Å². The molecule has 0 spiro atoms. The number of hydrogen-bond donors (Lipinski definition) is 0. The van der Waals surface area contributed by atoms with Crippen LogP contribution < -0.4 is 0 Å². The molecule has 0 unspecified atom stereocenters. The fourth-order valence-electron chi connectivity index (χ4n) is 2.32. The maximum Gasteiger partial charge on any atom is 0.233 e. The number of benzene rings is 1. The number of amides is 1. The maximum atomic E-state index is 12.2. The first-order valence-electron chi connectivity index (χ1n) is 7.29. The Morgan fingerprint density at radius 2 is 1.96 bits per heavy atom. The summed E-state index contributed by atoms with van der Waals surface area (Å²) < 4.78 is 7.15. The van der Waals surface area contributed by atoms with Gasteiger partial charge in [-0.25, -0.2) is 0 Å². The number of carbonyl (C=O) groups excluding carboxylic acids is 1. The molecule has 0 atom stereocenters. The number of halogens is 1. The lowest BCUT2D eigenvalue weighted by molar-refractivity contribution is -0.132. The smallest absolute Gasteiger partial charge is 0.233 e. The zero-order valence-electron chi connectivity index (χ0n) is 12.7. The van der Waals surface area contributed by atoms with Crippen LogP contribution >= 0.6 is 23.4 Å². The van der Waals surface area contributed by atoms with Gasteiger partial charge in [0, 0.05) is 30.7 Å². The number of ether oxygens (including phenoxy) is 1. The largest absolute Gasteiger partial charge is 0.378 e. The molecule has 1 fully saturated rings. The molecule has 122 valence electrons. The lowest BCUT2D eigenvalue weighted by atomic mass is 10.2. The molecule has 0 aliphatic carbocycles. The van der Waals surface area contributed by atoms with Crippen LogP contribution in [0.2, 0.25) is 5.02 Å². The third-order valence-corrected chi connectivity index (χ3v) is 4.88. The van der Waals surface area contributed by atoms with Gasteiger partial charge in [-0.1, -0.05) is 23.4 Å². The van der Waals surface area contributed by atoms with Gasteiger partial charge in [-0.2, -0.15) is 0 Å². The van der Waals surface area contributed by atoms with Gasteiger partial charge in [0.25, 0.3) is 0 Å². The standard InChI is InChI=1S/C15H17ClN4O2S/c1-19-14(11-2-4-12(16)5-3-11)17-18-15(19)23-10-13(21)20-6-8-22-9-7-20/h2-5H,6-10H2,1H3. The van der Waals surface area contributed by atoms with Crippen molar-refractivity contribution in [3.05, 3.63) is 29.3 Å². The van der Waals surface area contributed by atoms with Crippen molar-refractivity contribution in [2.45, 2.75) is 5.16 Å². The van der Waals surface area contributed by atoms with Crippen LogP contribution in [0.25, 0.3) is 11.4 Å². The predicted molar refractivity (Wildman–Crippen MR) is 89.6 cm³/mol. The summed E-state index contributed by atoms with van der Waals surface area (Å²) in [6, 6.07) is 7.44. The van der Waals surface area contributed by atoms with Crippen molar-refractivity contribution in [1.29, 1.82) is 0 Å². The van der Waals surface area contributed by atoms with Crippen molar-refractivity contribution in [2.24, 2.45) is 7.05 Å². The van der Waals surface area contributed by atoms with E-state index in [0.29, 0.717) is 37.1 Å². The highest BCUT2D eigenvalue weighted by Crippen LogP contribution is 2.24. The van der Waals surface area contributed by atoms with Crippen molar-refractivity contribution in [1.82, 2.24) is 19.7 Å². The lowest BCUT2D eigenvalue weighted by Gasteiger charge is -2.26. The second-order valence-corrected chi connectivity index (χ2v) is 6.53. The highest BCUT2D eigenvalue weighted by atomic mass is 35.5. The Hall–Kier alpha value is -1.57. The molecule has 1 aliphatic rings. The highest BCUT2D eigenvalue weighted by Gasteiger charge is 2.18. The molecule has 1 saturated heterocycles. The van der Waals surface area contributed by atoms with E-state index in [0.717, 1.165) is 16.5 Å². The van der Waals surface area contributed by atoms with Crippen molar-refractivity contribution < 1.29 is 9.53 Å². The Kier molecular flexibility index (Phi) is 5.20. The lowest BCUT2D eigenvalue weighted by Crippen LogP contribution is -2.41. The molecular formula is C15H17ClN4O2S. The van der Waals surface area contributed by atoms with Crippen LogP contribution in [0.1, 0.15) is 0 Å². The summed E-state index contributed by atoms with van der Waals surface area (Å²) in [5.74, 6) is 1.21. The number of thioether (sulfide) groups is 1. The van der Waals surface area contributed by atoms with Crippen LogP contribution in [0.15, 0.2) is 29.4 Å². The average molecular weight is 353 g/mol. The third-order valence-electron chi connectivity index (χ3n) is 3.63. The SMILES string of the molecule is Cn1c(SCC(=O)N2CCOCC2)nnc1-c1ccc(Cl)cc1. The predicted octanol–water partition coefficient (Wildman–Crippen LogP) is 2.09. The summed E-state index contributed by atoms with van der Waals surface area (Å²) in [4.78, 5) is 14.0. The topological polar surface area (TPSA) is 60.2 Å². The van der Waals surface area contributed by atoms with E-state index in [9.17, 15) is 4.79 Å². The minimum absolute atomic E-state index is 0.106. The van der Waals surface area contributed by atoms with Crippen LogP contribution in [0.4, 0.5) is 0 Å². The van der Waals surface area contributed by atoms with Gasteiger partial charge in [0.2, 0.25) is 5.91 Å². The molecule has 0 saturated carbocycles. The van der Waals surface area contributed by atoms with Crippen LogP contribution in [-0.4, -0.2) is 57.6 Å². The fourth-order valence-corrected chi connectivity index (χ4v) is 3.26. The second-order valence-electron chi connectivity index (χ2n) is 5.15. The number of aromatic nitrogens is 3. The van der Waals surface area contributed by atoms with Crippen LogP contribution in [0, 0.1) is 0 Å². The second kappa shape index (κ2) is 7.33. The van der Waals surface area contributed by atoms with E-state index in [1.54, 1.807) is 0 Å². The monoisotopic (exact) mass is 352 g/mol. The van der Waals surface area contributed by atoms with E-state index in [1.165, 1.54) is 11.8 Å². The Labute approximate surface area is 143 Å². The van der Waals surface area contributed by atoms with Gasteiger partial charge in [0.15, 0.2) is 11.0 Å². The van der Waals surface area contributed by atoms with Crippen LogP contribution in [0.5, 0.6) is 0 Å². The van der Waals surface area contributed by atoms with Gasteiger partial charge in [-0.15, -0.1) is 10.2 Å². The van der Waals surface area contributed by atoms with Crippen molar-refractivity contribution in [3.8, 4) is 11.4 Å². The van der Waals surface area contributed by atoms with Crippen LogP contribution in [0.3, 0.4) is 0 Å². The molecule has 1 aliphatic heterocycles. The van der Waals surface area contributed by atoms with E-state index in [4.69, 9.17) is 16.3 Å². The van der Waals surface area contributed by atoms with Crippen molar-refractivity contribution in [2.75, 3.05) is 32.1 Å². The molecule has 8 heteroatoms. The first-order chi connectivity index (χ1) is 11.1. The fraction of sp³-hybridized carbons (Fsp3) is 0.400. The molecule has 1 aromatic heterocycles. The molecule has 0 bridgehead atoms. The van der Waals surface area contributed by atoms with Gasteiger partial charge >= 0.3 is 0 Å². The molecule has 1 aromatic carbocycles. The number of rotatable bonds is 4. The molecule has 23 heavy (non-hydrogen) atoms. The van der Waals surface area contributed by atoms with Crippen LogP contribution in [-0.2, 0) is 16.6 Å². The van der Waals surface area contributed by atoms with E-state index in [-0.39, 0.29) is 5.91 Å². The molecule has 2 heterocycles. The van der Waals surface area contributed by atoms with E-state index in [2.05, 4.69) is 10.2 Å². The van der Waals surface area contributed by atoms with Gasteiger partial charge < -0.3 is 14.2 Å². The minimum atomic E-state index is 0.106. The maximum absolute atomic E-state index is 12.2. The summed E-state index contributed by atoms with van der Waals surface area (Å²) in [5, 5.41) is 9.79. The molecule has 0 N–H and O–H groups in total. The molecule has 3 rings (SSSR count). The number of hydrogen-bond acceptors (Lipinski definition) is 5. The first-order valence-corrected chi connectivity index (χ1v) is 8.65. The average Bonchev–Trinajstić information content (AvgIpc) is 2.95. The number of morpholine rings is 1. The third kappa shape index (κ3) is 3.85. The normalized spacial score (nSPS) is 15.0. The van der Waals surface area contributed by atoms with Gasteiger partial charge in [0.1, 0.15) is 0 Å². The molecule has 2 aromatic rings. The summed E-state index contributed by atoms with van der Waals surface area (Å²) >= 11 is 7.30. The zero-order valence-corrected chi connectivity index (χ0v) is 14.3. The summed E-state index contributed by atoms with van der Waals surface area (Å²) in [7, 11) is 1.89. The van der Waals surface area contributed by atoms with Crippen molar-refractivity contribution >= 4 is 29.3 Å². The van der Waals surface area contributed by atoms with E-state index >= 15 is 0 Å². The Morgan fingerprint density at radius 3 is 2.65 bits per heavy atom. The minimum Gasteiger partial charge on any atom is -0.378 e. The first kappa shape index (κ1) is 16.3. The molecule has 0 radical (unpaired) electrons. The quantitative estimate of drug-likeness (QED) is 0.788. The summed E-state index contributed by atoms with van der Waals surface area (Å²) in [6.07, 6.45) is 0. The highest BCUT2D eigenvalue weighted by molar-refractivity contribution is 7.99. The molecular weight excluding hydrogens is 336 g/mol. The van der Waals surface area contributed by atoms with Gasteiger partial charge in [0.05, 0.1) is 19.0 Å². The zero-order chi connectivity index (χ0) is 16.2. The van der Waals surface area contributed by atoms with E-state index < -0.39 is 0 Å². The summed E-state index contributed by atoms with van der Waals surface area (Å²) in [6.45, 7) is 2.55. The Bertz CT molecular complexity index is 683. The summed E-state index contributed by atoms with van der Waals surface area (Å²) in [5.41, 5.74) is 0.941. The van der Waals surface area contributed by atoms with Gasteiger partial charge in [-0.05, 0) is 24.3 Å².